The van der Waals surface area contributed by atoms with E-state index in [0.29, 0.717) is 38.0 Å². The minimum Gasteiger partial charge on any atom is -0.444 e. The van der Waals surface area contributed by atoms with Gasteiger partial charge in [0, 0.05) is 56.5 Å². The molecule has 0 bridgehead atoms. The maximum absolute atomic E-state index is 13.6. The van der Waals surface area contributed by atoms with E-state index in [4.69, 9.17) is 4.74 Å². The Bertz CT molecular complexity index is 1400. The molecule has 10 heteroatoms. The van der Waals surface area contributed by atoms with Crippen LogP contribution >= 0.6 is 0 Å². The van der Waals surface area contributed by atoms with E-state index in [1.807, 2.05) is 69.1 Å². The quantitative estimate of drug-likeness (QED) is 0.269. The van der Waals surface area contributed by atoms with Crippen LogP contribution in [0.25, 0.3) is 6.08 Å². The lowest BCUT2D eigenvalue weighted by molar-refractivity contribution is -0.137. The average molecular weight is 595 g/mol. The molecule has 4 rings (SSSR count). The van der Waals surface area contributed by atoms with Crippen molar-refractivity contribution in [3.63, 3.8) is 0 Å². The number of halogens is 3. The van der Waals surface area contributed by atoms with Crippen LogP contribution in [0.15, 0.2) is 79.1 Å². The van der Waals surface area contributed by atoms with Crippen LogP contribution in [0.5, 0.6) is 0 Å². The van der Waals surface area contributed by atoms with Gasteiger partial charge in [-0.05, 0) is 87.2 Å². The van der Waals surface area contributed by atoms with Crippen LogP contribution in [0.2, 0.25) is 0 Å². The molecule has 1 aliphatic heterocycles. The number of pyridine rings is 1. The van der Waals surface area contributed by atoms with Gasteiger partial charge in [0.25, 0.3) is 0 Å². The fourth-order valence-electron chi connectivity index (χ4n) is 4.87. The molecule has 1 fully saturated rings. The Morgan fingerprint density at radius 3 is 2.21 bits per heavy atom. The molecule has 1 atom stereocenters. The lowest BCUT2D eigenvalue weighted by Gasteiger charge is -2.39. The topological polar surface area (TPSA) is 66.0 Å². The van der Waals surface area contributed by atoms with Gasteiger partial charge in [0.1, 0.15) is 5.60 Å². The zero-order valence-corrected chi connectivity index (χ0v) is 24.8. The number of piperidine rings is 1. The van der Waals surface area contributed by atoms with Gasteiger partial charge < -0.3 is 19.4 Å². The highest BCUT2D eigenvalue weighted by Crippen LogP contribution is 2.29. The van der Waals surface area contributed by atoms with E-state index < -0.39 is 23.4 Å². The molecule has 0 unspecified atom stereocenters. The SMILES string of the molecule is CN(c1ccncc1)c1ccc(CN(C(=O)/C=C/c2ccc(C(F)(F)F)cc2)[C@@H]2CCCN(C(=O)OC(C)(C)C)C2)cc1. The number of anilines is 2. The van der Waals surface area contributed by atoms with Gasteiger partial charge in [-0.3, -0.25) is 9.78 Å². The molecule has 0 radical (unpaired) electrons. The summed E-state index contributed by atoms with van der Waals surface area (Å²) in [7, 11) is 1.96. The number of benzene rings is 2. The van der Waals surface area contributed by atoms with Crippen molar-refractivity contribution in [1.29, 1.82) is 0 Å². The number of hydrogen-bond acceptors (Lipinski definition) is 5. The molecule has 228 valence electrons. The molecule has 1 aliphatic rings. The number of likely N-dealkylation sites (tertiary alicyclic amines) is 1. The third kappa shape index (κ3) is 8.83. The van der Waals surface area contributed by atoms with Crippen molar-refractivity contribution >= 4 is 29.5 Å². The van der Waals surface area contributed by atoms with Gasteiger partial charge in [-0.25, -0.2) is 4.79 Å². The van der Waals surface area contributed by atoms with Crippen molar-refractivity contribution in [1.82, 2.24) is 14.8 Å². The molecule has 2 heterocycles. The number of alkyl halides is 3. The van der Waals surface area contributed by atoms with E-state index in [-0.39, 0.29) is 11.9 Å². The van der Waals surface area contributed by atoms with Gasteiger partial charge in [-0.15, -0.1) is 0 Å². The van der Waals surface area contributed by atoms with Crippen LogP contribution in [0.4, 0.5) is 29.3 Å². The summed E-state index contributed by atoms with van der Waals surface area (Å²) >= 11 is 0. The van der Waals surface area contributed by atoms with Crippen molar-refractivity contribution in [2.45, 2.75) is 58.0 Å². The molecule has 3 aromatic rings. The summed E-state index contributed by atoms with van der Waals surface area (Å²) in [6.45, 7) is 6.57. The number of rotatable bonds is 7. The highest BCUT2D eigenvalue weighted by atomic mass is 19.4. The Labute approximate surface area is 250 Å². The number of ether oxygens (including phenoxy) is 1. The predicted octanol–water partition coefficient (Wildman–Crippen LogP) is 7.31. The van der Waals surface area contributed by atoms with Gasteiger partial charge >= 0.3 is 12.3 Å². The van der Waals surface area contributed by atoms with Crippen LogP contribution in [-0.4, -0.2) is 58.6 Å². The van der Waals surface area contributed by atoms with E-state index >= 15 is 0 Å². The highest BCUT2D eigenvalue weighted by Gasteiger charge is 2.32. The van der Waals surface area contributed by atoms with Crippen LogP contribution < -0.4 is 4.90 Å². The number of carbonyl (C=O) groups excluding carboxylic acids is 2. The van der Waals surface area contributed by atoms with Crippen molar-refractivity contribution in [3.8, 4) is 0 Å². The Morgan fingerprint density at radius 2 is 1.60 bits per heavy atom. The molecule has 0 N–H and O–H groups in total. The lowest BCUT2D eigenvalue weighted by atomic mass is 10.0. The minimum absolute atomic E-state index is 0.273. The maximum atomic E-state index is 13.6. The molecule has 0 spiro atoms. The third-order valence-corrected chi connectivity index (χ3v) is 7.16. The zero-order valence-electron chi connectivity index (χ0n) is 24.8. The van der Waals surface area contributed by atoms with Gasteiger partial charge in [-0.1, -0.05) is 24.3 Å². The molecular formula is C33H37F3N4O3. The minimum atomic E-state index is -4.43. The second-order valence-corrected chi connectivity index (χ2v) is 11.6. The number of carbonyl (C=O) groups is 2. The standard InChI is InChI=1S/C33H37F3N4O3/c1-32(2,3)43-31(42)39-21-5-6-29(23-39)40(30(41)16-11-24-7-12-26(13-8-24)33(34,35)36)22-25-9-14-27(15-10-25)38(4)28-17-19-37-20-18-28/h7-20,29H,5-6,21-23H2,1-4H3/b16-11+/t29-/m1/s1. The molecule has 7 nitrogen and oxygen atoms in total. The number of aromatic nitrogens is 1. The van der Waals surface area contributed by atoms with Gasteiger partial charge in [0.05, 0.1) is 11.6 Å². The monoisotopic (exact) mass is 594 g/mol. The molecule has 2 amide bonds. The number of nitrogens with zero attached hydrogens (tertiary/aromatic N) is 4. The molecule has 2 aromatic carbocycles. The Balaban J connectivity index is 1.54. The first kappa shape index (κ1) is 31.6. The van der Waals surface area contributed by atoms with E-state index in [1.165, 1.54) is 24.3 Å². The largest absolute Gasteiger partial charge is 0.444 e. The zero-order chi connectivity index (χ0) is 31.2. The van der Waals surface area contributed by atoms with Crippen LogP contribution in [0, 0.1) is 0 Å². The second kappa shape index (κ2) is 13.3. The first-order valence-corrected chi connectivity index (χ1v) is 14.2. The molecule has 43 heavy (non-hydrogen) atoms. The summed E-state index contributed by atoms with van der Waals surface area (Å²) in [5.41, 5.74) is 1.93. The van der Waals surface area contributed by atoms with Crippen molar-refractivity contribution in [2.24, 2.45) is 0 Å². The summed E-state index contributed by atoms with van der Waals surface area (Å²) in [6, 6.07) is 16.1. The molecule has 0 aliphatic carbocycles. The molecule has 1 aromatic heterocycles. The van der Waals surface area contributed by atoms with Gasteiger partial charge in [0.2, 0.25) is 5.91 Å². The normalized spacial score (nSPS) is 15.8. The second-order valence-electron chi connectivity index (χ2n) is 11.6. The summed E-state index contributed by atoms with van der Waals surface area (Å²) in [5.74, 6) is -0.297. The summed E-state index contributed by atoms with van der Waals surface area (Å²) in [6.07, 6.45) is 2.89. The summed E-state index contributed by atoms with van der Waals surface area (Å²) in [4.78, 5) is 35.9. The first-order valence-electron chi connectivity index (χ1n) is 14.2. The van der Waals surface area contributed by atoms with Crippen molar-refractivity contribution in [2.75, 3.05) is 25.0 Å². The maximum Gasteiger partial charge on any atom is 0.416 e. The summed E-state index contributed by atoms with van der Waals surface area (Å²) < 4.78 is 44.5. The molecule has 1 saturated heterocycles. The highest BCUT2D eigenvalue weighted by molar-refractivity contribution is 5.92. The average Bonchev–Trinajstić information content (AvgIpc) is 2.98. The van der Waals surface area contributed by atoms with Crippen LogP contribution in [0.3, 0.4) is 0 Å². The van der Waals surface area contributed by atoms with Crippen molar-refractivity contribution in [3.05, 3.63) is 95.8 Å². The first-order chi connectivity index (χ1) is 20.3. The van der Waals surface area contributed by atoms with Crippen LogP contribution in [0.1, 0.15) is 50.3 Å². The summed E-state index contributed by atoms with van der Waals surface area (Å²) in [5, 5.41) is 0. The molecule has 0 saturated carbocycles. The predicted molar refractivity (Wildman–Crippen MR) is 161 cm³/mol. The van der Waals surface area contributed by atoms with Gasteiger partial charge in [0.15, 0.2) is 0 Å². The fourth-order valence-corrected chi connectivity index (χ4v) is 4.87. The van der Waals surface area contributed by atoms with Crippen LogP contribution in [-0.2, 0) is 22.3 Å². The van der Waals surface area contributed by atoms with E-state index in [2.05, 4.69) is 4.98 Å². The lowest BCUT2D eigenvalue weighted by Crippen LogP contribution is -2.52. The Morgan fingerprint density at radius 1 is 0.977 bits per heavy atom. The van der Waals surface area contributed by atoms with E-state index in [9.17, 15) is 22.8 Å². The van der Waals surface area contributed by atoms with E-state index in [1.54, 1.807) is 22.2 Å². The third-order valence-electron chi connectivity index (χ3n) is 7.16. The van der Waals surface area contributed by atoms with Crippen molar-refractivity contribution < 1.29 is 27.5 Å². The fraction of sp³-hybridized carbons (Fsp3) is 0.364. The van der Waals surface area contributed by atoms with E-state index in [0.717, 1.165) is 29.1 Å². The number of hydrogen-bond donors (Lipinski definition) is 0. The molecular weight excluding hydrogens is 557 g/mol. The number of amides is 2. The Hall–Kier alpha value is -4.34. The Kier molecular flexibility index (Phi) is 9.78. The smallest absolute Gasteiger partial charge is 0.416 e. The van der Waals surface area contributed by atoms with Gasteiger partial charge in [-0.2, -0.15) is 13.2 Å².